The second kappa shape index (κ2) is 4.11. The minimum atomic E-state index is -1.13. The summed E-state index contributed by atoms with van der Waals surface area (Å²) in [6, 6.07) is 9.73. The molecule has 0 radical (unpaired) electrons. The van der Waals surface area contributed by atoms with E-state index in [0.717, 1.165) is 5.56 Å². The first-order valence-corrected chi connectivity index (χ1v) is 6.10. The van der Waals surface area contributed by atoms with E-state index < -0.39 is 16.8 Å². The Morgan fingerprint density at radius 1 is 1.44 bits per heavy atom. The minimum Gasteiger partial charge on any atom is -0.480 e. The van der Waals surface area contributed by atoms with Gasteiger partial charge < -0.3 is 10.2 Å². The molecule has 0 aromatic heterocycles. The van der Waals surface area contributed by atoms with Gasteiger partial charge in [0, 0.05) is 5.25 Å². The molecule has 1 aromatic carbocycles. The number of thioether (sulfide) groups is 1. The quantitative estimate of drug-likeness (QED) is 0.828. The van der Waals surface area contributed by atoms with Gasteiger partial charge in [-0.3, -0.25) is 4.79 Å². The number of carboxylic acid groups (broad SMARTS) is 1. The van der Waals surface area contributed by atoms with E-state index in [1.807, 2.05) is 30.3 Å². The Bertz CT molecular complexity index is 389. The van der Waals surface area contributed by atoms with Crippen molar-refractivity contribution >= 4 is 17.7 Å². The van der Waals surface area contributed by atoms with E-state index in [4.69, 9.17) is 5.11 Å². The van der Waals surface area contributed by atoms with E-state index in [9.17, 15) is 9.90 Å². The Kier molecular flexibility index (Phi) is 2.95. The van der Waals surface area contributed by atoms with Crippen molar-refractivity contribution in [3.05, 3.63) is 35.9 Å². The third-order valence-electron chi connectivity index (χ3n) is 2.86. The molecule has 16 heavy (non-hydrogen) atoms. The van der Waals surface area contributed by atoms with Crippen molar-refractivity contribution < 1.29 is 15.0 Å². The van der Waals surface area contributed by atoms with E-state index in [1.54, 1.807) is 6.92 Å². The summed E-state index contributed by atoms with van der Waals surface area (Å²) in [5.74, 6) is -0.937. The molecule has 86 valence electrons. The van der Waals surface area contributed by atoms with Gasteiger partial charge in [0.1, 0.15) is 5.25 Å². The fourth-order valence-corrected chi connectivity index (χ4v) is 3.61. The molecule has 1 saturated heterocycles. The van der Waals surface area contributed by atoms with Crippen LogP contribution in [0.25, 0.3) is 0 Å². The maximum Gasteiger partial charge on any atom is 0.319 e. The van der Waals surface area contributed by atoms with Gasteiger partial charge in [-0.25, -0.2) is 0 Å². The first-order valence-electron chi connectivity index (χ1n) is 5.16. The van der Waals surface area contributed by atoms with Gasteiger partial charge in [0.2, 0.25) is 0 Å². The van der Waals surface area contributed by atoms with Gasteiger partial charge >= 0.3 is 5.97 Å². The zero-order valence-corrected chi connectivity index (χ0v) is 9.78. The van der Waals surface area contributed by atoms with Crippen molar-refractivity contribution in [2.45, 2.75) is 29.4 Å². The third kappa shape index (κ3) is 2.08. The molecule has 1 fully saturated rings. The predicted octanol–water partition coefficient (Wildman–Crippen LogP) is 2.07. The van der Waals surface area contributed by atoms with Crippen LogP contribution in [0.2, 0.25) is 0 Å². The minimum absolute atomic E-state index is 0.0669. The van der Waals surface area contributed by atoms with Gasteiger partial charge in [0.15, 0.2) is 0 Å². The van der Waals surface area contributed by atoms with Crippen LogP contribution in [0.3, 0.4) is 0 Å². The molecule has 3 atom stereocenters. The number of carbonyl (C=O) groups is 1. The predicted molar refractivity (Wildman–Crippen MR) is 63.4 cm³/mol. The highest BCUT2D eigenvalue weighted by Crippen LogP contribution is 2.50. The summed E-state index contributed by atoms with van der Waals surface area (Å²) in [6.45, 7) is 1.60. The van der Waals surface area contributed by atoms with Crippen LogP contribution in [0, 0.1) is 0 Å². The monoisotopic (exact) mass is 238 g/mol. The SMILES string of the molecule is C[C@]1(O)C[C@H](c2ccccc2)S[C@@H]1C(=O)O. The molecule has 4 heteroatoms. The van der Waals surface area contributed by atoms with Gasteiger partial charge in [0.25, 0.3) is 0 Å². The Labute approximate surface area is 98.5 Å². The number of hydrogen-bond acceptors (Lipinski definition) is 3. The first kappa shape index (κ1) is 11.5. The summed E-state index contributed by atoms with van der Waals surface area (Å²) in [4.78, 5) is 11.0. The molecule has 3 nitrogen and oxygen atoms in total. The first-order chi connectivity index (χ1) is 7.50. The molecule has 1 aromatic rings. The lowest BCUT2D eigenvalue weighted by atomic mass is 9.94. The molecular formula is C12H14O3S. The van der Waals surface area contributed by atoms with Crippen molar-refractivity contribution in [2.24, 2.45) is 0 Å². The Morgan fingerprint density at radius 2 is 2.06 bits per heavy atom. The van der Waals surface area contributed by atoms with Crippen molar-refractivity contribution in [1.82, 2.24) is 0 Å². The highest BCUT2D eigenvalue weighted by molar-refractivity contribution is 8.01. The van der Waals surface area contributed by atoms with E-state index in [1.165, 1.54) is 11.8 Å². The maximum atomic E-state index is 11.0. The normalized spacial score (nSPS) is 33.9. The number of aliphatic hydroxyl groups is 1. The lowest BCUT2D eigenvalue weighted by Gasteiger charge is -2.20. The van der Waals surface area contributed by atoms with E-state index in [-0.39, 0.29) is 5.25 Å². The Hall–Kier alpha value is -1.00. The zero-order chi connectivity index (χ0) is 11.8. The van der Waals surface area contributed by atoms with Crippen LogP contribution in [0.5, 0.6) is 0 Å². The smallest absolute Gasteiger partial charge is 0.319 e. The van der Waals surface area contributed by atoms with Crippen molar-refractivity contribution in [3.63, 3.8) is 0 Å². The zero-order valence-electron chi connectivity index (χ0n) is 8.96. The molecule has 1 aliphatic heterocycles. The summed E-state index contributed by atoms with van der Waals surface area (Å²) >= 11 is 1.33. The average Bonchev–Trinajstić information content (AvgIpc) is 2.56. The summed E-state index contributed by atoms with van der Waals surface area (Å²) in [6.07, 6.45) is 0.485. The summed E-state index contributed by atoms with van der Waals surface area (Å²) in [5, 5.41) is 18.4. The van der Waals surface area contributed by atoms with Gasteiger partial charge in [-0.05, 0) is 18.9 Å². The topological polar surface area (TPSA) is 57.5 Å². The number of hydrogen-bond donors (Lipinski definition) is 2. The van der Waals surface area contributed by atoms with Crippen molar-refractivity contribution in [1.29, 1.82) is 0 Å². The second-order valence-corrected chi connectivity index (χ2v) is 5.63. The maximum absolute atomic E-state index is 11.0. The molecule has 0 unspecified atom stereocenters. The van der Waals surface area contributed by atoms with Gasteiger partial charge in [-0.15, -0.1) is 11.8 Å². The standard InChI is InChI=1S/C12H14O3S/c1-12(15)7-9(16-10(12)11(13)14)8-5-3-2-4-6-8/h2-6,9-10,15H,7H2,1H3,(H,13,14)/t9-,10-,12+/m1/s1. The highest BCUT2D eigenvalue weighted by atomic mass is 32.2. The summed E-state index contributed by atoms with van der Waals surface area (Å²) in [5.41, 5.74) is -0.0479. The van der Waals surface area contributed by atoms with Crippen LogP contribution in [-0.4, -0.2) is 27.0 Å². The lowest BCUT2D eigenvalue weighted by molar-refractivity contribution is -0.140. The number of aliphatic carboxylic acids is 1. The van der Waals surface area contributed by atoms with Crippen LogP contribution in [0.1, 0.15) is 24.2 Å². The third-order valence-corrected chi connectivity index (χ3v) is 4.61. The number of rotatable bonds is 2. The van der Waals surface area contributed by atoms with Crippen molar-refractivity contribution in [2.75, 3.05) is 0 Å². The van der Waals surface area contributed by atoms with E-state index >= 15 is 0 Å². The molecule has 1 aliphatic rings. The van der Waals surface area contributed by atoms with Crippen LogP contribution in [0.15, 0.2) is 30.3 Å². The van der Waals surface area contributed by atoms with Crippen LogP contribution in [-0.2, 0) is 4.79 Å². The highest BCUT2D eigenvalue weighted by Gasteiger charge is 2.47. The largest absolute Gasteiger partial charge is 0.480 e. The average molecular weight is 238 g/mol. The molecule has 0 bridgehead atoms. The Balaban J connectivity index is 2.21. The Morgan fingerprint density at radius 3 is 2.56 bits per heavy atom. The molecule has 1 heterocycles. The fraction of sp³-hybridized carbons (Fsp3) is 0.417. The molecule has 2 rings (SSSR count). The second-order valence-electron chi connectivity index (χ2n) is 4.31. The van der Waals surface area contributed by atoms with Gasteiger partial charge in [-0.1, -0.05) is 30.3 Å². The molecule has 0 saturated carbocycles. The van der Waals surface area contributed by atoms with Crippen LogP contribution in [0.4, 0.5) is 0 Å². The number of benzene rings is 1. The molecule has 2 N–H and O–H groups in total. The van der Waals surface area contributed by atoms with Crippen LogP contribution < -0.4 is 0 Å². The fourth-order valence-electron chi connectivity index (χ4n) is 2.03. The summed E-state index contributed by atoms with van der Waals surface area (Å²) < 4.78 is 0. The lowest BCUT2D eigenvalue weighted by Crippen LogP contribution is -2.38. The molecule has 0 amide bonds. The van der Waals surface area contributed by atoms with Gasteiger partial charge in [-0.2, -0.15) is 0 Å². The molecule has 0 aliphatic carbocycles. The van der Waals surface area contributed by atoms with E-state index in [0.29, 0.717) is 6.42 Å². The van der Waals surface area contributed by atoms with Crippen LogP contribution >= 0.6 is 11.8 Å². The van der Waals surface area contributed by atoms with Crippen molar-refractivity contribution in [3.8, 4) is 0 Å². The summed E-state index contributed by atoms with van der Waals surface area (Å²) in [7, 11) is 0. The molecular weight excluding hydrogens is 224 g/mol. The number of carboxylic acids is 1. The molecule has 0 spiro atoms. The van der Waals surface area contributed by atoms with E-state index in [2.05, 4.69) is 0 Å². The van der Waals surface area contributed by atoms with Gasteiger partial charge in [0.05, 0.1) is 5.60 Å².